The maximum Gasteiger partial charge on any atom is 0.339 e. The summed E-state index contributed by atoms with van der Waals surface area (Å²) in [6, 6.07) is 14.4. The van der Waals surface area contributed by atoms with Gasteiger partial charge in [-0.05, 0) is 42.8 Å². The van der Waals surface area contributed by atoms with E-state index in [-0.39, 0.29) is 5.56 Å². The molecule has 0 aliphatic heterocycles. The van der Waals surface area contributed by atoms with Crippen LogP contribution < -0.4 is 10.1 Å². The van der Waals surface area contributed by atoms with E-state index in [4.69, 9.17) is 21.4 Å². The fraction of sp³-hybridized carbons (Fsp3) is 0.235. The minimum atomic E-state index is -0.975. The van der Waals surface area contributed by atoms with Crippen molar-refractivity contribution >= 4 is 17.6 Å². The molecular formula is C17H18ClNO3. The molecule has 0 radical (unpaired) electrons. The molecule has 0 aliphatic carbocycles. The topological polar surface area (TPSA) is 58.6 Å². The first kappa shape index (κ1) is 16.3. The second kappa shape index (κ2) is 8.41. The van der Waals surface area contributed by atoms with Gasteiger partial charge in [0.2, 0.25) is 0 Å². The number of rotatable bonds is 8. The maximum atomic E-state index is 11.0. The Bertz CT molecular complexity index is 614. The molecule has 2 rings (SSSR count). The van der Waals surface area contributed by atoms with Crippen molar-refractivity contribution in [1.29, 1.82) is 0 Å². The van der Waals surface area contributed by atoms with Crippen LogP contribution in [-0.2, 0) is 6.54 Å². The number of para-hydroxylation sites is 1. The molecule has 5 heteroatoms. The summed E-state index contributed by atoms with van der Waals surface area (Å²) < 4.78 is 5.53. The van der Waals surface area contributed by atoms with Crippen LogP contribution in [0.2, 0.25) is 5.02 Å². The molecule has 0 unspecified atom stereocenters. The Morgan fingerprint density at radius 3 is 2.59 bits per heavy atom. The van der Waals surface area contributed by atoms with E-state index in [1.165, 1.54) is 11.6 Å². The molecular weight excluding hydrogens is 302 g/mol. The van der Waals surface area contributed by atoms with Gasteiger partial charge in [0.1, 0.15) is 11.3 Å². The summed E-state index contributed by atoms with van der Waals surface area (Å²) in [5.41, 5.74) is 1.36. The molecule has 0 aromatic heterocycles. The lowest BCUT2D eigenvalue weighted by atomic mass is 10.2. The van der Waals surface area contributed by atoms with Crippen molar-refractivity contribution in [3.8, 4) is 5.75 Å². The van der Waals surface area contributed by atoms with Crippen LogP contribution >= 0.6 is 11.6 Å². The van der Waals surface area contributed by atoms with Crippen LogP contribution in [0.3, 0.4) is 0 Å². The molecule has 0 aliphatic rings. The van der Waals surface area contributed by atoms with Gasteiger partial charge in [0, 0.05) is 11.6 Å². The zero-order chi connectivity index (χ0) is 15.8. The summed E-state index contributed by atoms with van der Waals surface area (Å²) in [7, 11) is 0. The number of carbonyl (C=O) groups is 1. The third-order valence-corrected chi connectivity index (χ3v) is 3.37. The Labute approximate surface area is 134 Å². The van der Waals surface area contributed by atoms with E-state index in [0.29, 0.717) is 12.4 Å². The van der Waals surface area contributed by atoms with Gasteiger partial charge in [-0.25, -0.2) is 4.79 Å². The lowest BCUT2D eigenvalue weighted by Crippen LogP contribution is -2.17. The number of nitrogens with one attached hydrogen (secondary N) is 1. The summed E-state index contributed by atoms with van der Waals surface area (Å²) in [5.74, 6) is -0.566. The highest BCUT2D eigenvalue weighted by molar-refractivity contribution is 6.30. The number of ether oxygens (including phenoxy) is 1. The largest absolute Gasteiger partial charge is 0.493 e. The molecule has 116 valence electrons. The molecule has 0 saturated carbocycles. The van der Waals surface area contributed by atoms with Crippen molar-refractivity contribution in [2.45, 2.75) is 13.0 Å². The predicted molar refractivity (Wildman–Crippen MR) is 86.7 cm³/mol. The van der Waals surface area contributed by atoms with Gasteiger partial charge in [-0.3, -0.25) is 0 Å². The third kappa shape index (κ3) is 5.06. The standard InChI is InChI=1S/C17H18ClNO3/c18-14-8-6-13(7-9-14)12-19-10-3-11-22-16-5-2-1-4-15(16)17(20)21/h1-2,4-9,19H,3,10-12H2,(H,20,21). The molecule has 22 heavy (non-hydrogen) atoms. The Hall–Kier alpha value is -2.04. The molecule has 0 bridgehead atoms. The number of carboxylic acids is 1. The fourth-order valence-corrected chi connectivity index (χ4v) is 2.11. The Kier molecular flexibility index (Phi) is 6.25. The molecule has 0 fully saturated rings. The molecule has 0 saturated heterocycles. The molecule has 2 N–H and O–H groups in total. The first-order chi connectivity index (χ1) is 10.7. The lowest BCUT2D eigenvalue weighted by molar-refractivity contribution is 0.0692. The van der Waals surface area contributed by atoms with Gasteiger partial charge in [0.25, 0.3) is 0 Å². The number of carboxylic acid groups (broad SMARTS) is 1. The highest BCUT2D eigenvalue weighted by atomic mass is 35.5. The minimum Gasteiger partial charge on any atom is -0.493 e. The van der Waals surface area contributed by atoms with E-state index in [2.05, 4.69) is 5.32 Å². The van der Waals surface area contributed by atoms with Crippen LogP contribution in [0.4, 0.5) is 0 Å². The number of hydrogen-bond acceptors (Lipinski definition) is 3. The Morgan fingerprint density at radius 1 is 1.14 bits per heavy atom. The maximum absolute atomic E-state index is 11.0. The van der Waals surface area contributed by atoms with Gasteiger partial charge in [-0.2, -0.15) is 0 Å². The smallest absolute Gasteiger partial charge is 0.339 e. The highest BCUT2D eigenvalue weighted by Gasteiger charge is 2.09. The average Bonchev–Trinajstić information content (AvgIpc) is 2.52. The van der Waals surface area contributed by atoms with Gasteiger partial charge < -0.3 is 15.2 Å². The molecule has 0 spiro atoms. The van der Waals surface area contributed by atoms with Crippen molar-refractivity contribution in [2.24, 2.45) is 0 Å². The van der Waals surface area contributed by atoms with Crippen LogP contribution in [0.5, 0.6) is 5.75 Å². The molecule has 4 nitrogen and oxygen atoms in total. The second-order valence-corrected chi connectivity index (χ2v) is 5.24. The normalized spacial score (nSPS) is 10.4. The SMILES string of the molecule is O=C(O)c1ccccc1OCCCNCc1ccc(Cl)cc1. The number of hydrogen-bond donors (Lipinski definition) is 2. The van der Waals surface area contributed by atoms with Crippen molar-refractivity contribution in [3.05, 3.63) is 64.7 Å². The van der Waals surface area contributed by atoms with Crippen LogP contribution in [-0.4, -0.2) is 24.2 Å². The minimum absolute atomic E-state index is 0.191. The van der Waals surface area contributed by atoms with Gasteiger partial charge >= 0.3 is 5.97 Å². The van der Waals surface area contributed by atoms with Crippen molar-refractivity contribution in [3.63, 3.8) is 0 Å². The van der Waals surface area contributed by atoms with E-state index in [1.54, 1.807) is 18.2 Å². The Morgan fingerprint density at radius 2 is 1.86 bits per heavy atom. The highest BCUT2D eigenvalue weighted by Crippen LogP contribution is 2.17. The Balaban J connectivity index is 1.67. The lowest BCUT2D eigenvalue weighted by Gasteiger charge is -2.09. The summed E-state index contributed by atoms with van der Waals surface area (Å²) in [6.45, 7) is 2.03. The van der Waals surface area contributed by atoms with Gasteiger partial charge in [0.15, 0.2) is 0 Å². The monoisotopic (exact) mass is 319 g/mol. The van der Waals surface area contributed by atoms with E-state index in [1.807, 2.05) is 24.3 Å². The summed E-state index contributed by atoms with van der Waals surface area (Å²) in [4.78, 5) is 11.0. The van der Waals surface area contributed by atoms with Crippen LogP contribution in [0.25, 0.3) is 0 Å². The van der Waals surface area contributed by atoms with Crippen molar-refractivity contribution in [1.82, 2.24) is 5.32 Å². The van der Waals surface area contributed by atoms with Crippen molar-refractivity contribution < 1.29 is 14.6 Å². The van der Waals surface area contributed by atoms with Gasteiger partial charge in [0.05, 0.1) is 6.61 Å². The van der Waals surface area contributed by atoms with Gasteiger partial charge in [-0.1, -0.05) is 35.9 Å². The summed E-state index contributed by atoms with van der Waals surface area (Å²) in [5, 5.41) is 13.1. The zero-order valence-corrected chi connectivity index (χ0v) is 12.8. The first-order valence-electron chi connectivity index (χ1n) is 7.07. The molecule has 0 amide bonds. The van der Waals surface area contributed by atoms with E-state index < -0.39 is 5.97 Å². The summed E-state index contributed by atoms with van der Waals surface area (Å²) >= 11 is 5.83. The van der Waals surface area contributed by atoms with Crippen molar-refractivity contribution in [2.75, 3.05) is 13.2 Å². The predicted octanol–water partition coefficient (Wildman–Crippen LogP) is 3.60. The molecule has 0 heterocycles. The van der Waals surface area contributed by atoms with Crippen LogP contribution in [0.1, 0.15) is 22.3 Å². The number of benzene rings is 2. The zero-order valence-electron chi connectivity index (χ0n) is 12.1. The number of halogens is 1. The molecule has 2 aromatic rings. The summed E-state index contributed by atoms with van der Waals surface area (Å²) in [6.07, 6.45) is 0.793. The number of aromatic carboxylic acids is 1. The second-order valence-electron chi connectivity index (χ2n) is 4.81. The van der Waals surface area contributed by atoms with E-state index >= 15 is 0 Å². The third-order valence-electron chi connectivity index (χ3n) is 3.12. The van der Waals surface area contributed by atoms with Gasteiger partial charge in [-0.15, -0.1) is 0 Å². The molecule has 2 aromatic carbocycles. The van der Waals surface area contributed by atoms with E-state index in [9.17, 15) is 4.79 Å². The fourth-order valence-electron chi connectivity index (χ4n) is 1.98. The average molecular weight is 320 g/mol. The van der Waals surface area contributed by atoms with Crippen LogP contribution in [0, 0.1) is 0 Å². The first-order valence-corrected chi connectivity index (χ1v) is 7.45. The van der Waals surface area contributed by atoms with E-state index in [0.717, 1.165) is 24.5 Å². The van der Waals surface area contributed by atoms with Crippen LogP contribution in [0.15, 0.2) is 48.5 Å². The quantitative estimate of drug-likeness (QED) is 0.730. The molecule has 0 atom stereocenters.